The molecule has 4 atom stereocenters. The van der Waals surface area contributed by atoms with Crippen molar-refractivity contribution in [2.45, 2.75) is 36.9 Å². The fourth-order valence-corrected chi connectivity index (χ4v) is 6.09. The third-order valence-electron chi connectivity index (χ3n) is 6.13. The van der Waals surface area contributed by atoms with E-state index in [4.69, 9.17) is 9.47 Å². The molecular formula is C27H31NO6S2. The summed E-state index contributed by atoms with van der Waals surface area (Å²) < 4.78 is 40.6. The van der Waals surface area contributed by atoms with Crippen molar-refractivity contribution < 1.29 is 28.1 Å². The summed E-state index contributed by atoms with van der Waals surface area (Å²) in [7, 11) is -3.68. The highest BCUT2D eigenvalue weighted by Gasteiger charge is 2.38. The summed E-state index contributed by atoms with van der Waals surface area (Å²) in [6.07, 6.45) is -0.977. The van der Waals surface area contributed by atoms with E-state index in [1.54, 1.807) is 66.4 Å². The Hall–Kier alpha value is -2.40. The number of aliphatic hydroxyl groups is 2. The van der Waals surface area contributed by atoms with Crippen molar-refractivity contribution in [3.05, 3.63) is 95.6 Å². The van der Waals surface area contributed by atoms with Crippen LogP contribution in [0.3, 0.4) is 0 Å². The molecule has 0 bridgehead atoms. The van der Waals surface area contributed by atoms with Gasteiger partial charge in [0, 0.05) is 28.7 Å². The molecule has 9 heteroatoms. The molecule has 7 nitrogen and oxygen atoms in total. The molecule has 0 amide bonds. The lowest BCUT2D eigenvalue weighted by Gasteiger charge is -2.41. The topological polar surface area (TPSA) is 105 Å². The molecule has 3 aromatic rings. The second kappa shape index (κ2) is 12.2. The van der Waals surface area contributed by atoms with Gasteiger partial charge in [-0.1, -0.05) is 61.5 Å². The monoisotopic (exact) mass is 529 g/mol. The number of aliphatic hydroxyl groups excluding tert-OH is 2. The summed E-state index contributed by atoms with van der Waals surface area (Å²) in [5.74, 6) is 1.40. The Morgan fingerprint density at radius 1 is 0.889 bits per heavy atom. The molecule has 1 aliphatic rings. The van der Waals surface area contributed by atoms with Crippen LogP contribution in [0.4, 0.5) is 5.69 Å². The minimum atomic E-state index is -3.68. The number of hydrogen-bond donors (Lipinski definition) is 3. The van der Waals surface area contributed by atoms with Gasteiger partial charge in [0.05, 0.1) is 30.3 Å². The Morgan fingerprint density at radius 3 is 2.19 bits per heavy atom. The van der Waals surface area contributed by atoms with Crippen LogP contribution in [0, 0.1) is 5.92 Å². The smallest absolute Gasteiger partial charge is 0.261 e. The van der Waals surface area contributed by atoms with E-state index in [9.17, 15) is 18.6 Å². The van der Waals surface area contributed by atoms with Gasteiger partial charge in [0.1, 0.15) is 0 Å². The Bertz CT molecular complexity index is 1200. The minimum absolute atomic E-state index is 0.0199. The van der Waals surface area contributed by atoms with Crippen molar-refractivity contribution in [2.75, 3.05) is 22.8 Å². The maximum Gasteiger partial charge on any atom is 0.261 e. The van der Waals surface area contributed by atoms with Gasteiger partial charge in [0.2, 0.25) is 0 Å². The van der Waals surface area contributed by atoms with Gasteiger partial charge in [-0.25, -0.2) is 8.42 Å². The number of thioether (sulfide) groups is 1. The summed E-state index contributed by atoms with van der Waals surface area (Å²) in [6.45, 7) is 2.18. The number of benzene rings is 3. The molecule has 36 heavy (non-hydrogen) atoms. The first-order valence-corrected chi connectivity index (χ1v) is 14.4. The Kier molecular flexibility index (Phi) is 9.05. The van der Waals surface area contributed by atoms with Crippen LogP contribution in [0.1, 0.15) is 36.0 Å². The number of hydrogen-bond acceptors (Lipinski definition) is 7. The summed E-state index contributed by atoms with van der Waals surface area (Å²) in [5.41, 5.74) is 3.05. The fraction of sp³-hybridized carbons (Fsp3) is 0.333. The quantitative estimate of drug-likeness (QED) is 0.332. The molecule has 192 valence electrons. The first kappa shape index (κ1) is 26.7. The van der Waals surface area contributed by atoms with Crippen LogP contribution in [-0.4, -0.2) is 42.8 Å². The average molecular weight is 530 g/mol. The van der Waals surface area contributed by atoms with Crippen molar-refractivity contribution >= 4 is 27.5 Å². The number of rotatable bonds is 10. The van der Waals surface area contributed by atoms with Crippen molar-refractivity contribution in [2.24, 2.45) is 5.92 Å². The zero-order valence-corrected chi connectivity index (χ0v) is 21.6. The highest BCUT2D eigenvalue weighted by Crippen LogP contribution is 2.42. The zero-order valence-electron chi connectivity index (χ0n) is 20.0. The number of ether oxygens (including phenoxy) is 2. The van der Waals surface area contributed by atoms with Crippen LogP contribution in [0.25, 0.3) is 0 Å². The van der Waals surface area contributed by atoms with E-state index in [-0.39, 0.29) is 36.2 Å². The number of nitrogens with one attached hydrogen (secondary N) is 1. The van der Waals surface area contributed by atoms with Gasteiger partial charge in [-0.05, 0) is 35.4 Å². The van der Waals surface area contributed by atoms with Crippen LogP contribution in [0.15, 0.2) is 83.8 Å². The molecule has 0 saturated carbocycles. The highest BCUT2D eigenvalue weighted by atomic mass is 32.2. The van der Waals surface area contributed by atoms with Crippen LogP contribution in [0.2, 0.25) is 0 Å². The average Bonchev–Trinajstić information content (AvgIpc) is 2.90. The Labute approximate surface area is 216 Å². The molecule has 3 N–H and O–H groups in total. The standard InChI is InChI=1S/C27H31NO6S2/c1-19-25(18-35-16-15-29)33-27(34-26(19)21-9-7-20(17-30)8-10-21)22-11-13-23(14-12-22)28-36(31,32)24-5-3-2-4-6-24/h2-14,19,25-30H,15-18H2,1H3. The van der Waals surface area contributed by atoms with Crippen molar-refractivity contribution in [1.82, 2.24) is 0 Å². The van der Waals surface area contributed by atoms with Crippen LogP contribution < -0.4 is 4.72 Å². The van der Waals surface area contributed by atoms with E-state index in [0.29, 0.717) is 17.2 Å². The molecule has 1 aliphatic heterocycles. The van der Waals surface area contributed by atoms with E-state index >= 15 is 0 Å². The van der Waals surface area contributed by atoms with Crippen LogP contribution >= 0.6 is 11.8 Å². The Morgan fingerprint density at radius 2 is 1.56 bits per heavy atom. The predicted molar refractivity (Wildman–Crippen MR) is 141 cm³/mol. The van der Waals surface area contributed by atoms with Crippen molar-refractivity contribution in [3.63, 3.8) is 0 Å². The van der Waals surface area contributed by atoms with Gasteiger partial charge < -0.3 is 19.7 Å². The second-order valence-electron chi connectivity index (χ2n) is 8.66. The maximum absolute atomic E-state index is 12.6. The lowest BCUT2D eigenvalue weighted by Crippen LogP contribution is -2.38. The molecule has 4 rings (SSSR count). The first-order valence-electron chi connectivity index (χ1n) is 11.8. The molecule has 0 radical (unpaired) electrons. The summed E-state index contributed by atoms with van der Waals surface area (Å²) >= 11 is 1.63. The van der Waals surface area contributed by atoms with Gasteiger partial charge in [0.15, 0.2) is 6.29 Å². The van der Waals surface area contributed by atoms with E-state index in [0.717, 1.165) is 16.7 Å². The van der Waals surface area contributed by atoms with Crippen LogP contribution in [-0.2, 0) is 26.1 Å². The summed E-state index contributed by atoms with van der Waals surface area (Å²) in [6, 6.07) is 22.9. The lowest BCUT2D eigenvalue weighted by molar-refractivity contribution is -0.268. The molecule has 0 aliphatic carbocycles. The zero-order chi connectivity index (χ0) is 25.5. The van der Waals surface area contributed by atoms with Gasteiger partial charge >= 0.3 is 0 Å². The fourth-order valence-electron chi connectivity index (χ4n) is 4.10. The minimum Gasteiger partial charge on any atom is -0.396 e. The maximum atomic E-state index is 12.6. The highest BCUT2D eigenvalue weighted by molar-refractivity contribution is 7.99. The first-order chi connectivity index (χ1) is 17.4. The van der Waals surface area contributed by atoms with Gasteiger partial charge in [-0.3, -0.25) is 4.72 Å². The lowest BCUT2D eigenvalue weighted by atomic mass is 9.91. The Balaban J connectivity index is 1.53. The van der Waals surface area contributed by atoms with Crippen molar-refractivity contribution in [3.8, 4) is 0 Å². The molecule has 3 aromatic carbocycles. The molecule has 0 spiro atoms. The molecule has 4 unspecified atom stereocenters. The molecule has 1 heterocycles. The third kappa shape index (κ3) is 6.47. The number of sulfonamides is 1. The van der Waals surface area contributed by atoms with Crippen LogP contribution in [0.5, 0.6) is 0 Å². The third-order valence-corrected chi connectivity index (χ3v) is 8.56. The molecular weight excluding hydrogens is 498 g/mol. The normalized spacial score (nSPS) is 22.3. The van der Waals surface area contributed by atoms with Gasteiger partial charge in [-0.2, -0.15) is 11.8 Å². The predicted octanol–water partition coefficient (Wildman–Crippen LogP) is 4.50. The largest absolute Gasteiger partial charge is 0.396 e. The SMILES string of the molecule is CC1C(CSCCO)OC(c2ccc(NS(=O)(=O)c3ccccc3)cc2)OC1c1ccc(CO)cc1. The van der Waals surface area contributed by atoms with Crippen molar-refractivity contribution in [1.29, 1.82) is 0 Å². The molecule has 1 saturated heterocycles. The van der Waals surface area contributed by atoms with E-state index < -0.39 is 16.3 Å². The molecule has 1 fully saturated rings. The second-order valence-corrected chi connectivity index (χ2v) is 11.5. The summed E-state index contributed by atoms with van der Waals surface area (Å²) in [4.78, 5) is 0.195. The molecule has 0 aromatic heterocycles. The number of anilines is 1. The summed E-state index contributed by atoms with van der Waals surface area (Å²) in [5, 5.41) is 18.6. The van der Waals surface area contributed by atoms with E-state index in [1.807, 2.05) is 24.3 Å². The van der Waals surface area contributed by atoms with Gasteiger partial charge in [-0.15, -0.1) is 0 Å². The van der Waals surface area contributed by atoms with E-state index in [2.05, 4.69) is 11.6 Å². The van der Waals surface area contributed by atoms with E-state index in [1.165, 1.54) is 0 Å². The van der Waals surface area contributed by atoms with Gasteiger partial charge in [0.25, 0.3) is 10.0 Å².